The zero-order valence-corrected chi connectivity index (χ0v) is 11.1. The van der Waals surface area contributed by atoms with Crippen molar-refractivity contribution in [2.24, 2.45) is 0 Å². The molecule has 1 heterocycles. The van der Waals surface area contributed by atoms with E-state index in [0.717, 1.165) is 11.0 Å². The second-order valence-electron chi connectivity index (χ2n) is 4.48. The Morgan fingerprint density at radius 2 is 1.60 bits per heavy atom. The molecule has 2 aromatic carbocycles. The molecule has 0 radical (unpaired) electrons. The average Bonchev–Trinajstić information content (AvgIpc) is 2.40. The van der Waals surface area contributed by atoms with Gasteiger partial charge in [0.05, 0.1) is 0 Å². The Hall–Kier alpha value is -2.25. The van der Waals surface area contributed by atoms with E-state index in [2.05, 4.69) is 0 Å². The van der Waals surface area contributed by atoms with Crippen molar-refractivity contribution >= 4 is 32.7 Å². The lowest BCUT2D eigenvalue weighted by atomic mass is 9.94. The molecule has 0 bridgehead atoms. The summed E-state index contributed by atoms with van der Waals surface area (Å²) in [6.45, 7) is 0. The summed E-state index contributed by atoms with van der Waals surface area (Å²) >= 11 is 0. The first-order chi connectivity index (χ1) is 9.32. The van der Waals surface area contributed by atoms with E-state index in [4.69, 9.17) is 0 Å². The van der Waals surface area contributed by atoms with Crippen LogP contribution in [0.3, 0.4) is 0 Å². The maximum atomic E-state index is 12.1. The van der Waals surface area contributed by atoms with Crippen molar-refractivity contribution in [3.63, 3.8) is 0 Å². The minimum absolute atomic E-state index is 0.164. The zero-order valence-electron chi connectivity index (χ0n) is 10.3. The molecule has 0 unspecified atom stereocenters. The molecule has 2 amide bonds. The first kappa shape index (κ1) is 12.8. The molecular formula is C13H9NO5S. The molecule has 0 aliphatic carbocycles. The Morgan fingerprint density at radius 3 is 2.20 bits per heavy atom. The standard InChI is InChI=1S/C13H9NO5S/c1-14-12(15)8-4-2-3-7-10(20(17,18)19)6-5-9(11(7)8)13(14)16/h2-6H,1H3,(H,17,18,19). The van der Waals surface area contributed by atoms with E-state index in [0.29, 0.717) is 0 Å². The van der Waals surface area contributed by atoms with Crippen molar-refractivity contribution in [1.29, 1.82) is 0 Å². The summed E-state index contributed by atoms with van der Waals surface area (Å²) in [6, 6.07) is 6.96. The van der Waals surface area contributed by atoms with Gasteiger partial charge in [-0.2, -0.15) is 8.42 Å². The van der Waals surface area contributed by atoms with Gasteiger partial charge >= 0.3 is 0 Å². The van der Waals surface area contributed by atoms with Gasteiger partial charge in [-0.05, 0) is 18.2 Å². The molecule has 102 valence electrons. The van der Waals surface area contributed by atoms with Gasteiger partial charge in [0.1, 0.15) is 4.90 Å². The van der Waals surface area contributed by atoms with Gasteiger partial charge < -0.3 is 0 Å². The van der Waals surface area contributed by atoms with Gasteiger partial charge in [0, 0.05) is 28.9 Å². The summed E-state index contributed by atoms with van der Waals surface area (Å²) < 4.78 is 32.0. The van der Waals surface area contributed by atoms with E-state index in [9.17, 15) is 22.6 Å². The highest BCUT2D eigenvalue weighted by Gasteiger charge is 2.31. The third-order valence-corrected chi connectivity index (χ3v) is 4.26. The lowest BCUT2D eigenvalue weighted by molar-refractivity contribution is 0.0650. The van der Waals surface area contributed by atoms with Crippen molar-refractivity contribution in [3.05, 3.63) is 41.5 Å². The predicted octanol–water partition coefficient (Wildman–Crippen LogP) is 1.31. The lowest BCUT2D eigenvalue weighted by Gasteiger charge is -2.24. The second-order valence-corrected chi connectivity index (χ2v) is 5.87. The maximum absolute atomic E-state index is 12.1. The van der Waals surface area contributed by atoms with Crippen molar-refractivity contribution in [2.75, 3.05) is 7.05 Å². The summed E-state index contributed by atoms with van der Waals surface area (Å²) in [5.41, 5.74) is 0.482. The van der Waals surface area contributed by atoms with Crippen LogP contribution in [0, 0.1) is 0 Å². The molecule has 2 aromatic rings. The minimum atomic E-state index is -4.43. The van der Waals surface area contributed by atoms with Crippen LogP contribution in [0.4, 0.5) is 0 Å². The van der Waals surface area contributed by atoms with Gasteiger partial charge in [-0.15, -0.1) is 0 Å². The molecule has 1 aliphatic heterocycles. The third kappa shape index (κ3) is 1.57. The summed E-state index contributed by atoms with van der Waals surface area (Å²) in [5, 5.41) is 0.424. The fourth-order valence-corrected chi connectivity index (χ4v) is 3.10. The first-order valence-corrected chi connectivity index (χ1v) is 7.12. The molecule has 0 saturated carbocycles. The molecule has 1 N–H and O–H groups in total. The van der Waals surface area contributed by atoms with E-state index in [1.165, 1.54) is 31.3 Å². The Morgan fingerprint density at radius 1 is 1.00 bits per heavy atom. The van der Waals surface area contributed by atoms with E-state index in [1.807, 2.05) is 0 Å². The normalized spacial score (nSPS) is 15.0. The van der Waals surface area contributed by atoms with Gasteiger partial charge in [0.25, 0.3) is 21.9 Å². The topological polar surface area (TPSA) is 91.8 Å². The van der Waals surface area contributed by atoms with Gasteiger partial charge in [0.15, 0.2) is 0 Å². The quantitative estimate of drug-likeness (QED) is 0.632. The Balaban J connectivity index is 2.54. The smallest absolute Gasteiger partial charge is 0.282 e. The molecule has 1 aliphatic rings. The summed E-state index contributed by atoms with van der Waals surface area (Å²) in [4.78, 5) is 24.8. The van der Waals surface area contributed by atoms with Gasteiger partial charge in [-0.1, -0.05) is 12.1 Å². The molecule has 6 nitrogen and oxygen atoms in total. The van der Waals surface area contributed by atoms with Crippen LogP contribution in [0.1, 0.15) is 20.7 Å². The average molecular weight is 291 g/mol. The van der Waals surface area contributed by atoms with Crippen LogP contribution < -0.4 is 0 Å². The van der Waals surface area contributed by atoms with Crippen LogP contribution in [-0.2, 0) is 10.1 Å². The minimum Gasteiger partial charge on any atom is -0.282 e. The molecule has 0 fully saturated rings. The summed E-state index contributed by atoms with van der Waals surface area (Å²) in [7, 11) is -3.07. The van der Waals surface area contributed by atoms with Crippen LogP contribution in [0.2, 0.25) is 0 Å². The molecule has 0 atom stereocenters. The highest BCUT2D eigenvalue weighted by atomic mass is 32.2. The molecule has 0 saturated heterocycles. The number of benzene rings is 2. The van der Waals surface area contributed by atoms with Crippen LogP contribution in [0.15, 0.2) is 35.2 Å². The highest BCUT2D eigenvalue weighted by Crippen LogP contribution is 2.33. The number of nitrogens with zero attached hydrogens (tertiary/aromatic N) is 1. The molecular weight excluding hydrogens is 282 g/mol. The number of amides is 2. The molecule has 7 heteroatoms. The third-order valence-electron chi connectivity index (χ3n) is 3.35. The number of carbonyl (C=O) groups excluding carboxylic acids is 2. The van der Waals surface area contributed by atoms with Crippen molar-refractivity contribution in [1.82, 2.24) is 4.90 Å². The first-order valence-electron chi connectivity index (χ1n) is 5.68. The van der Waals surface area contributed by atoms with E-state index in [1.54, 1.807) is 0 Å². The Bertz CT molecular complexity index is 863. The van der Waals surface area contributed by atoms with Crippen LogP contribution >= 0.6 is 0 Å². The van der Waals surface area contributed by atoms with Gasteiger partial charge in [-0.25, -0.2) is 0 Å². The van der Waals surface area contributed by atoms with Crippen LogP contribution in [0.25, 0.3) is 10.8 Å². The maximum Gasteiger partial charge on any atom is 0.295 e. The number of carbonyl (C=O) groups is 2. The molecule has 20 heavy (non-hydrogen) atoms. The van der Waals surface area contributed by atoms with Gasteiger partial charge in [0.2, 0.25) is 0 Å². The van der Waals surface area contributed by atoms with Gasteiger partial charge in [-0.3, -0.25) is 19.0 Å². The van der Waals surface area contributed by atoms with Crippen molar-refractivity contribution < 1.29 is 22.6 Å². The number of imide groups is 1. The Kier molecular flexibility index (Phi) is 2.47. The van der Waals surface area contributed by atoms with Crippen LogP contribution in [-0.4, -0.2) is 36.7 Å². The van der Waals surface area contributed by atoms with E-state index < -0.39 is 21.9 Å². The van der Waals surface area contributed by atoms with Crippen LogP contribution in [0.5, 0.6) is 0 Å². The lowest BCUT2D eigenvalue weighted by Crippen LogP contribution is -2.37. The SMILES string of the molecule is CN1C(=O)c2cccc3c(S(=O)(=O)O)ccc(c23)C1=O. The molecule has 3 rings (SSSR count). The molecule has 0 spiro atoms. The number of hydrogen-bond acceptors (Lipinski definition) is 4. The summed E-state index contributed by atoms with van der Waals surface area (Å²) in [5.74, 6) is -0.999. The zero-order chi connectivity index (χ0) is 14.7. The highest BCUT2D eigenvalue weighted by molar-refractivity contribution is 7.86. The number of rotatable bonds is 1. The monoisotopic (exact) mass is 291 g/mol. The molecule has 0 aromatic heterocycles. The largest absolute Gasteiger partial charge is 0.295 e. The predicted molar refractivity (Wildman–Crippen MR) is 70.2 cm³/mol. The fraction of sp³-hybridized carbons (Fsp3) is 0.0769. The number of hydrogen-bond donors (Lipinski definition) is 1. The fourth-order valence-electron chi connectivity index (χ4n) is 2.41. The van der Waals surface area contributed by atoms with Crippen molar-refractivity contribution in [3.8, 4) is 0 Å². The summed E-state index contributed by atoms with van der Waals surface area (Å²) in [6.07, 6.45) is 0. The van der Waals surface area contributed by atoms with Crippen molar-refractivity contribution in [2.45, 2.75) is 4.90 Å². The Labute approximate surface area is 114 Å². The van der Waals surface area contributed by atoms with E-state index in [-0.39, 0.29) is 26.8 Å². The van der Waals surface area contributed by atoms with E-state index >= 15 is 0 Å². The second kappa shape index (κ2) is 3.87.